The van der Waals surface area contributed by atoms with Gasteiger partial charge in [0.25, 0.3) is 5.91 Å². The van der Waals surface area contributed by atoms with Crippen LogP contribution in [0.4, 0.5) is 5.13 Å². The summed E-state index contributed by atoms with van der Waals surface area (Å²) in [4.78, 5) is 16.5. The van der Waals surface area contributed by atoms with E-state index in [2.05, 4.69) is 15.4 Å². The standard InChI is InChI=1S/C14H13ClN4OS/c1-8(2)19-7-6-10(18-19)13(20)17-14-16-12-9(15)4-3-5-11(12)21-14/h3-8H,1-2H3,(H,16,17,20). The van der Waals surface area contributed by atoms with Gasteiger partial charge >= 0.3 is 0 Å². The largest absolute Gasteiger partial charge is 0.296 e. The van der Waals surface area contributed by atoms with Crippen LogP contribution in [0.5, 0.6) is 0 Å². The maximum atomic E-state index is 12.2. The summed E-state index contributed by atoms with van der Waals surface area (Å²) < 4.78 is 2.68. The van der Waals surface area contributed by atoms with E-state index in [1.807, 2.05) is 26.0 Å². The number of thiazole rings is 1. The summed E-state index contributed by atoms with van der Waals surface area (Å²) in [7, 11) is 0. The molecule has 3 aromatic rings. The van der Waals surface area contributed by atoms with Gasteiger partial charge in [-0.1, -0.05) is 29.0 Å². The minimum Gasteiger partial charge on any atom is -0.296 e. The molecule has 21 heavy (non-hydrogen) atoms. The Bertz CT molecular complexity index is 808. The van der Waals surface area contributed by atoms with E-state index in [0.717, 1.165) is 4.70 Å². The lowest BCUT2D eigenvalue weighted by Crippen LogP contribution is -2.13. The highest BCUT2D eigenvalue weighted by Gasteiger charge is 2.14. The number of halogens is 1. The Hall–Kier alpha value is -1.92. The number of hydrogen-bond donors (Lipinski definition) is 1. The Labute approximate surface area is 130 Å². The first kappa shape index (κ1) is 14.0. The van der Waals surface area contributed by atoms with Crippen LogP contribution in [0.2, 0.25) is 5.02 Å². The SMILES string of the molecule is CC(C)n1ccc(C(=O)Nc2nc3c(Cl)cccc3s2)n1. The maximum absolute atomic E-state index is 12.2. The van der Waals surface area contributed by atoms with Crippen molar-refractivity contribution in [3.8, 4) is 0 Å². The van der Waals surface area contributed by atoms with Gasteiger partial charge in [0.2, 0.25) is 0 Å². The number of hydrogen-bond acceptors (Lipinski definition) is 4. The highest BCUT2D eigenvalue weighted by atomic mass is 35.5. The van der Waals surface area contributed by atoms with Gasteiger partial charge in [-0.2, -0.15) is 5.10 Å². The molecule has 0 atom stereocenters. The third-order valence-corrected chi connectivity index (χ3v) is 4.20. The quantitative estimate of drug-likeness (QED) is 0.794. The number of benzene rings is 1. The van der Waals surface area contributed by atoms with Crippen molar-refractivity contribution in [1.29, 1.82) is 0 Å². The van der Waals surface area contributed by atoms with Crippen molar-refractivity contribution >= 4 is 44.2 Å². The molecule has 7 heteroatoms. The minimum absolute atomic E-state index is 0.216. The summed E-state index contributed by atoms with van der Waals surface area (Å²) in [5, 5.41) is 8.09. The van der Waals surface area contributed by atoms with Crippen molar-refractivity contribution in [3.05, 3.63) is 41.2 Å². The first-order chi connectivity index (χ1) is 10.0. The number of nitrogens with zero attached hydrogens (tertiary/aromatic N) is 3. The van der Waals surface area contributed by atoms with Gasteiger partial charge in [-0.05, 0) is 32.0 Å². The van der Waals surface area contributed by atoms with Gasteiger partial charge in [0, 0.05) is 12.2 Å². The van der Waals surface area contributed by atoms with Crippen LogP contribution < -0.4 is 5.32 Å². The van der Waals surface area contributed by atoms with Crippen LogP contribution in [-0.2, 0) is 0 Å². The van der Waals surface area contributed by atoms with Crippen molar-refractivity contribution in [2.45, 2.75) is 19.9 Å². The fourth-order valence-electron chi connectivity index (χ4n) is 1.88. The number of amides is 1. The molecule has 0 aliphatic heterocycles. The number of para-hydroxylation sites is 1. The zero-order valence-electron chi connectivity index (χ0n) is 11.5. The van der Waals surface area contributed by atoms with Crippen LogP contribution in [0.3, 0.4) is 0 Å². The fourth-order valence-corrected chi connectivity index (χ4v) is 3.04. The number of anilines is 1. The van der Waals surface area contributed by atoms with Gasteiger partial charge in [0.1, 0.15) is 5.52 Å². The van der Waals surface area contributed by atoms with Crippen LogP contribution in [0.25, 0.3) is 10.2 Å². The third-order valence-electron chi connectivity index (χ3n) is 2.96. The number of carbonyl (C=O) groups excluding carboxylic acids is 1. The molecule has 0 bridgehead atoms. The molecule has 1 amide bonds. The molecule has 1 N–H and O–H groups in total. The second-order valence-electron chi connectivity index (χ2n) is 4.83. The Morgan fingerprint density at radius 3 is 2.86 bits per heavy atom. The number of fused-ring (bicyclic) bond motifs is 1. The highest BCUT2D eigenvalue weighted by Crippen LogP contribution is 2.30. The van der Waals surface area contributed by atoms with Crippen molar-refractivity contribution < 1.29 is 4.79 Å². The Balaban J connectivity index is 1.83. The Morgan fingerprint density at radius 2 is 2.19 bits per heavy atom. The third kappa shape index (κ3) is 2.77. The summed E-state index contributed by atoms with van der Waals surface area (Å²) in [5.41, 5.74) is 1.07. The molecule has 0 radical (unpaired) electrons. The molecule has 0 unspecified atom stereocenters. The first-order valence-electron chi connectivity index (χ1n) is 6.46. The monoisotopic (exact) mass is 320 g/mol. The lowest BCUT2D eigenvalue weighted by molar-refractivity contribution is 0.102. The molecular weight excluding hydrogens is 308 g/mol. The molecule has 5 nitrogen and oxygen atoms in total. The normalized spacial score (nSPS) is 11.2. The van der Waals surface area contributed by atoms with E-state index in [1.54, 1.807) is 23.0 Å². The molecule has 0 saturated heterocycles. The van der Waals surface area contributed by atoms with Gasteiger partial charge in [-0.25, -0.2) is 4.98 Å². The smallest absolute Gasteiger partial charge is 0.277 e. The molecule has 0 fully saturated rings. The topological polar surface area (TPSA) is 59.8 Å². The maximum Gasteiger partial charge on any atom is 0.277 e. The lowest BCUT2D eigenvalue weighted by atomic mass is 10.3. The zero-order valence-corrected chi connectivity index (χ0v) is 13.1. The zero-order chi connectivity index (χ0) is 15.0. The molecule has 0 aliphatic rings. The van der Waals surface area contributed by atoms with E-state index >= 15 is 0 Å². The molecule has 2 aromatic heterocycles. The van der Waals surface area contributed by atoms with Crippen LogP contribution in [0.15, 0.2) is 30.5 Å². The number of nitrogens with one attached hydrogen (secondary N) is 1. The van der Waals surface area contributed by atoms with E-state index in [9.17, 15) is 4.79 Å². The molecule has 108 valence electrons. The number of rotatable bonds is 3. The molecule has 1 aromatic carbocycles. The Morgan fingerprint density at radius 1 is 1.38 bits per heavy atom. The molecule has 2 heterocycles. The summed E-state index contributed by atoms with van der Waals surface area (Å²) >= 11 is 7.46. The second-order valence-corrected chi connectivity index (χ2v) is 6.27. The van der Waals surface area contributed by atoms with Crippen molar-refractivity contribution in [1.82, 2.24) is 14.8 Å². The predicted octanol–water partition coefficient (Wildman–Crippen LogP) is 3.98. The van der Waals surface area contributed by atoms with Crippen molar-refractivity contribution in [2.24, 2.45) is 0 Å². The van der Waals surface area contributed by atoms with Crippen LogP contribution in [0, 0.1) is 0 Å². The summed E-state index contributed by atoms with van der Waals surface area (Å²) in [6.45, 7) is 4.01. The van der Waals surface area contributed by atoms with Gasteiger partial charge in [-0.3, -0.25) is 14.8 Å². The van der Waals surface area contributed by atoms with Crippen molar-refractivity contribution in [2.75, 3.05) is 5.32 Å². The van der Waals surface area contributed by atoms with Crippen LogP contribution in [0.1, 0.15) is 30.4 Å². The number of aromatic nitrogens is 3. The van der Waals surface area contributed by atoms with E-state index in [-0.39, 0.29) is 11.9 Å². The van der Waals surface area contributed by atoms with Gasteiger partial charge in [0.15, 0.2) is 10.8 Å². The van der Waals surface area contributed by atoms with E-state index in [0.29, 0.717) is 21.4 Å². The van der Waals surface area contributed by atoms with Gasteiger partial charge < -0.3 is 0 Å². The van der Waals surface area contributed by atoms with Gasteiger partial charge in [0.05, 0.1) is 9.72 Å². The Kier molecular flexibility index (Phi) is 3.65. The highest BCUT2D eigenvalue weighted by molar-refractivity contribution is 7.22. The van der Waals surface area contributed by atoms with E-state index in [1.165, 1.54) is 11.3 Å². The molecule has 0 saturated carbocycles. The molecule has 3 rings (SSSR count). The second kappa shape index (κ2) is 5.46. The van der Waals surface area contributed by atoms with E-state index < -0.39 is 0 Å². The van der Waals surface area contributed by atoms with Gasteiger partial charge in [-0.15, -0.1) is 0 Å². The van der Waals surface area contributed by atoms with Crippen LogP contribution in [-0.4, -0.2) is 20.7 Å². The van der Waals surface area contributed by atoms with E-state index in [4.69, 9.17) is 11.6 Å². The van der Waals surface area contributed by atoms with Crippen LogP contribution >= 0.6 is 22.9 Å². The molecule has 0 aliphatic carbocycles. The molecular formula is C14H13ClN4OS. The predicted molar refractivity (Wildman–Crippen MR) is 85.2 cm³/mol. The number of carbonyl (C=O) groups is 1. The fraction of sp³-hybridized carbons (Fsp3) is 0.214. The first-order valence-corrected chi connectivity index (χ1v) is 7.65. The summed E-state index contributed by atoms with van der Waals surface area (Å²) in [5.74, 6) is -0.274. The average molecular weight is 321 g/mol. The summed E-state index contributed by atoms with van der Waals surface area (Å²) in [6, 6.07) is 7.46. The lowest BCUT2D eigenvalue weighted by Gasteiger charge is -2.03. The minimum atomic E-state index is -0.274. The molecule has 0 spiro atoms. The average Bonchev–Trinajstić information content (AvgIpc) is 3.05. The summed E-state index contributed by atoms with van der Waals surface area (Å²) in [6.07, 6.45) is 1.79. The van der Waals surface area contributed by atoms with Crippen molar-refractivity contribution in [3.63, 3.8) is 0 Å².